The van der Waals surface area contributed by atoms with Crippen LogP contribution >= 0.6 is 11.6 Å². The smallest absolute Gasteiger partial charge is 0.412 e. The summed E-state index contributed by atoms with van der Waals surface area (Å²) in [6, 6.07) is 15.0. The number of nitrogens with zero attached hydrogens (tertiary/aromatic N) is 2. The lowest BCUT2D eigenvalue weighted by molar-refractivity contribution is 0.165. The van der Waals surface area contributed by atoms with E-state index in [9.17, 15) is 15.0 Å². The minimum atomic E-state index is -1.00. The maximum atomic E-state index is 12.0. The van der Waals surface area contributed by atoms with E-state index in [0.29, 0.717) is 17.1 Å². The number of aliphatic hydroxyl groups excluding tert-OH is 1. The third-order valence-corrected chi connectivity index (χ3v) is 5.75. The van der Waals surface area contributed by atoms with Crippen LogP contribution in [-0.4, -0.2) is 33.0 Å². The molecule has 0 spiro atoms. The van der Waals surface area contributed by atoms with Gasteiger partial charge in [-0.15, -0.1) is 0 Å². The van der Waals surface area contributed by atoms with Crippen molar-refractivity contribution in [1.29, 1.82) is 0 Å². The fraction of sp³-hybridized carbons (Fsp3) is 0.348. The number of hydrogen-bond acceptors (Lipinski definition) is 2. The topological polar surface area (TPSA) is 65.7 Å². The van der Waals surface area contributed by atoms with Crippen LogP contribution in [0.4, 0.5) is 10.5 Å². The molecule has 5 nitrogen and oxygen atoms in total. The van der Waals surface area contributed by atoms with Crippen LogP contribution < -0.4 is 4.90 Å². The van der Waals surface area contributed by atoms with Crippen LogP contribution in [0.2, 0.25) is 5.02 Å². The maximum Gasteiger partial charge on any atom is 0.412 e. The van der Waals surface area contributed by atoms with E-state index < -0.39 is 17.2 Å². The molecule has 0 radical (unpaired) electrons. The predicted molar refractivity (Wildman–Crippen MR) is 118 cm³/mol. The summed E-state index contributed by atoms with van der Waals surface area (Å²) in [5.74, 6) is 0. The van der Waals surface area contributed by atoms with Gasteiger partial charge in [0.15, 0.2) is 0 Å². The Morgan fingerprint density at radius 2 is 1.76 bits per heavy atom. The van der Waals surface area contributed by atoms with Crippen LogP contribution in [0.25, 0.3) is 10.9 Å². The van der Waals surface area contributed by atoms with Crippen molar-refractivity contribution in [3.63, 3.8) is 0 Å². The molecule has 0 saturated carbocycles. The van der Waals surface area contributed by atoms with E-state index >= 15 is 0 Å². The van der Waals surface area contributed by atoms with Gasteiger partial charge in [-0.2, -0.15) is 0 Å². The molecule has 0 bridgehead atoms. The lowest BCUT2D eigenvalue weighted by Gasteiger charge is -2.35. The second kappa shape index (κ2) is 7.73. The first-order valence-electron chi connectivity index (χ1n) is 9.66. The summed E-state index contributed by atoms with van der Waals surface area (Å²) in [6.45, 7) is 7.54. The highest BCUT2D eigenvalue weighted by atomic mass is 35.5. The Balaban J connectivity index is 2.26. The van der Waals surface area contributed by atoms with Crippen molar-refractivity contribution >= 4 is 34.3 Å². The quantitative estimate of drug-likeness (QED) is 0.560. The van der Waals surface area contributed by atoms with Crippen LogP contribution in [0.1, 0.15) is 39.7 Å². The Morgan fingerprint density at radius 3 is 2.28 bits per heavy atom. The van der Waals surface area contributed by atoms with Gasteiger partial charge in [-0.1, -0.05) is 36.7 Å². The number of halogens is 1. The molecule has 1 heterocycles. The Bertz CT molecular complexity index is 1010. The average Bonchev–Trinajstić information content (AvgIpc) is 3.09. The third-order valence-electron chi connectivity index (χ3n) is 5.50. The summed E-state index contributed by atoms with van der Waals surface area (Å²) < 4.78 is 2.04. The van der Waals surface area contributed by atoms with E-state index in [-0.39, 0.29) is 6.61 Å². The van der Waals surface area contributed by atoms with E-state index in [1.165, 1.54) is 4.90 Å². The molecule has 154 valence electrons. The highest BCUT2D eigenvalue weighted by molar-refractivity contribution is 6.30. The molecule has 0 fully saturated rings. The van der Waals surface area contributed by atoms with Crippen molar-refractivity contribution in [3.05, 3.63) is 65.3 Å². The van der Waals surface area contributed by atoms with Gasteiger partial charge < -0.3 is 14.8 Å². The van der Waals surface area contributed by atoms with Crippen molar-refractivity contribution < 1.29 is 15.0 Å². The first-order valence-corrected chi connectivity index (χ1v) is 10.0. The number of aromatic nitrogens is 1. The molecular weight excluding hydrogens is 388 g/mol. The molecule has 0 aliphatic carbocycles. The minimum Gasteiger partial charge on any atom is -0.465 e. The van der Waals surface area contributed by atoms with Crippen molar-refractivity contribution in [3.8, 4) is 0 Å². The van der Waals surface area contributed by atoms with Crippen molar-refractivity contribution in [1.82, 2.24) is 4.57 Å². The fourth-order valence-corrected chi connectivity index (χ4v) is 4.15. The monoisotopic (exact) mass is 414 g/mol. The molecule has 1 atom stereocenters. The maximum absolute atomic E-state index is 12.0. The minimum absolute atomic E-state index is 0.0962. The van der Waals surface area contributed by atoms with Gasteiger partial charge in [0.2, 0.25) is 0 Å². The van der Waals surface area contributed by atoms with Gasteiger partial charge in [0.25, 0.3) is 0 Å². The number of benzene rings is 2. The fourth-order valence-electron chi connectivity index (χ4n) is 4.02. The van der Waals surface area contributed by atoms with Crippen LogP contribution in [0.5, 0.6) is 0 Å². The number of aliphatic hydroxyl groups is 1. The van der Waals surface area contributed by atoms with Crippen LogP contribution in [0, 0.1) is 0 Å². The molecule has 29 heavy (non-hydrogen) atoms. The Hall–Kier alpha value is -2.50. The van der Waals surface area contributed by atoms with Crippen molar-refractivity contribution in [2.24, 2.45) is 0 Å². The summed E-state index contributed by atoms with van der Waals surface area (Å²) in [4.78, 5) is 13.4. The molecule has 0 aliphatic heterocycles. The van der Waals surface area contributed by atoms with Gasteiger partial charge in [-0.25, -0.2) is 4.79 Å². The normalized spacial score (nSPS) is 14.0. The van der Waals surface area contributed by atoms with Crippen LogP contribution in [0.15, 0.2) is 54.7 Å². The standard InChI is InChI=1S/C23H27ClN2O3/c1-5-23(15-27,16-9-11-17(24)12-10-16)25-14-13-18-19(25)7-6-8-20(18)26(21(28)29)22(2,3)4/h6-14,27H,5,15H2,1-4H3,(H,28,29). The molecule has 6 heteroatoms. The zero-order chi connectivity index (χ0) is 21.4. The molecule has 1 unspecified atom stereocenters. The highest BCUT2D eigenvalue weighted by Gasteiger charge is 2.34. The summed E-state index contributed by atoms with van der Waals surface area (Å²) in [5.41, 5.74) is 1.16. The predicted octanol–water partition coefficient (Wildman–Crippen LogP) is 5.72. The molecule has 3 aromatic rings. The molecule has 0 saturated heterocycles. The Morgan fingerprint density at radius 1 is 1.10 bits per heavy atom. The van der Waals surface area contributed by atoms with E-state index in [4.69, 9.17) is 11.6 Å². The van der Waals surface area contributed by atoms with Crippen LogP contribution in [-0.2, 0) is 5.54 Å². The zero-order valence-corrected chi connectivity index (χ0v) is 17.9. The Kier molecular flexibility index (Phi) is 5.65. The number of amides is 1. The number of carboxylic acid groups (broad SMARTS) is 1. The lowest BCUT2D eigenvalue weighted by atomic mass is 9.87. The SMILES string of the molecule is CCC(CO)(c1ccc(Cl)cc1)n1ccc2c(N(C(=O)O)C(C)(C)C)cccc21. The van der Waals surface area contributed by atoms with Crippen molar-refractivity contribution in [2.75, 3.05) is 11.5 Å². The van der Waals surface area contributed by atoms with Gasteiger partial charge in [0.05, 0.1) is 23.3 Å². The molecule has 2 aromatic carbocycles. The molecule has 1 aromatic heterocycles. The number of carbonyl (C=O) groups is 1. The zero-order valence-electron chi connectivity index (χ0n) is 17.2. The molecule has 1 amide bonds. The molecule has 3 rings (SSSR count). The van der Waals surface area contributed by atoms with Gasteiger partial charge in [-0.05, 0) is 63.1 Å². The average molecular weight is 415 g/mol. The summed E-state index contributed by atoms with van der Waals surface area (Å²) >= 11 is 6.07. The Labute approximate surface area is 176 Å². The summed E-state index contributed by atoms with van der Waals surface area (Å²) in [5, 5.41) is 21.8. The van der Waals surface area contributed by atoms with E-state index in [0.717, 1.165) is 16.5 Å². The number of rotatable bonds is 5. The molecular formula is C23H27ClN2O3. The lowest BCUT2D eigenvalue weighted by Crippen LogP contribution is -2.45. The van der Waals surface area contributed by atoms with Crippen LogP contribution in [0.3, 0.4) is 0 Å². The number of anilines is 1. The van der Waals surface area contributed by atoms with E-state index in [2.05, 4.69) is 0 Å². The van der Waals surface area contributed by atoms with Crippen molar-refractivity contribution in [2.45, 2.75) is 45.2 Å². The molecule has 2 N–H and O–H groups in total. The van der Waals surface area contributed by atoms with E-state index in [1.54, 1.807) is 0 Å². The van der Waals surface area contributed by atoms with Gasteiger partial charge in [0, 0.05) is 22.1 Å². The largest absolute Gasteiger partial charge is 0.465 e. The second-order valence-corrected chi connectivity index (χ2v) is 8.67. The summed E-state index contributed by atoms with van der Waals surface area (Å²) in [6.07, 6.45) is 1.58. The van der Waals surface area contributed by atoms with Gasteiger partial charge in [0.1, 0.15) is 0 Å². The third kappa shape index (κ3) is 3.61. The van der Waals surface area contributed by atoms with E-state index in [1.807, 2.05) is 87.0 Å². The van der Waals surface area contributed by atoms with Gasteiger partial charge >= 0.3 is 6.09 Å². The summed E-state index contributed by atoms with van der Waals surface area (Å²) in [7, 11) is 0. The second-order valence-electron chi connectivity index (χ2n) is 8.23. The number of fused-ring (bicyclic) bond motifs is 1. The first-order chi connectivity index (χ1) is 13.7. The first kappa shape index (κ1) is 21.2. The van der Waals surface area contributed by atoms with Gasteiger partial charge in [-0.3, -0.25) is 4.90 Å². The number of hydrogen-bond donors (Lipinski definition) is 2. The highest BCUT2D eigenvalue weighted by Crippen LogP contribution is 2.38. The molecule has 0 aliphatic rings.